The number of nitrogens with zero attached hydrogens (tertiary/aromatic N) is 1. The van der Waals surface area contributed by atoms with Gasteiger partial charge >= 0.3 is 0 Å². The van der Waals surface area contributed by atoms with Gasteiger partial charge in [0.1, 0.15) is 0 Å². The van der Waals surface area contributed by atoms with Crippen LogP contribution in [0.3, 0.4) is 0 Å². The molecule has 2 aromatic rings. The van der Waals surface area contributed by atoms with Crippen molar-refractivity contribution in [2.45, 2.75) is 38.6 Å². The van der Waals surface area contributed by atoms with Crippen molar-refractivity contribution < 1.29 is 0 Å². The molecule has 0 aliphatic heterocycles. The van der Waals surface area contributed by atoms with Gasteiger partial charge < -0.3 is 4.57 Å². The maximum absolute atomic E-state index is 3.83. The quantitative estimate of drug-likeness (QED) is 0.720. The summed E-state index contributed by atoms with van der Waals surface area (Å²) < 4.78 is 2.43. The molecule has 1 aromatic carbocycles. The Labute approximate surface area is 109 Å². The minimum atomic E-state index is 0.883. The fourth-order valence-electron chi connectivity index (χ4n) is 3.15. The first-order chi connectivity index (χ1) is 8.86. The van der Waals surface area contributed by atoms with Gasteiger partial charge in [-0.2, -0.15) is 0 Å². The number of rotatable bonds is 3. The van der Waals surface area contributed by atoms with E-state index in [0.717, 1.165) is 5.92 Å². The van der Waals surface area contributed by atoms with E-state index in [1.54, 1.807) is 0 Å². The lowest BCUT2D eigenvalue weighted by Crippen LogP contribution is -2.13. The third-order valence-corrected chi connectivity index (χ3v) is 4.21. The zero-order valence-electron chi connectivity index (χ0n) is 10.9. The Balaban J connectivity index is 1.85. The topological polar surface area (TPSA) is 4.93 Å². The minimum absolute atomic E-state index is 0.883. The molecular formula is C17H21N. The Morgan fingerprint density at radius 1 is 1.17 bits per heavy atom. The molecule has 0 bridgehead atoms. The van der Waals surface area contributed by atoms with E-state index in [-0.39, 0.29) is 0 Å². The molecular weight excluding hydrogens is 218 g/mol. The molecule has 1 saturated carbocycles. The molecule has 0 N–H and O–H groups in total. The zero-order valence-corrected chi connectivity index (χ0v) is 10.9. The summed E-state index contributed by atoms with van der Waals surface area (Å²) >= 11 is 0. The highest BCUT2D eigenvalue weighted by atomic mass is 15.0. The molecule has 1 aliphatic carbocycles. The zero-order chi connectivity index (χ0) is 12.4. The van der Waals surface area contributed by atoms with Gasteiger partial charge in [0.15, 0.2) is 0 Å². The third-order valence-electron chi connectivity index (χ3n) is 4.21. The van der Waals surface area contributed by atoms with Gasteiger partial charge in [-0.1, -0.05) is 38.0 Å². The molecule has 0 radical (unpaired) electrons. The van der Waals surface area contributed by atoms with Crippen LogP contribution in [0.2, 0.25) is 0 Å². The highest BCUT2D eigenvalue weighted by Crippen LogP contribution is 2.27. The molecule has 0 spiro atoms. The maximum atomic E-state index is 3.83. The molecule has 0 atom stereocenters. The minimum Gasteiger partial charge on any atom is -0.347 e. The van der Waals surface area contributed by atoms with E-state index >= 15 is 0 Å². The van der Waals surface area contributed by atoms with Crippen molar-refractivity contribution in [2.75, 3.05) is 0 Å². The van der Waals surface area contributed by atoms with Crippen molar-refractivity contribution in [3.63, 3.8) is 0 Å². The lowest BCUT2D eigenvalue weighted by Gasteiger charge is -2.22. The predicted octanol–water partition coefficient (Wildman–Crippen LogP) is 4.86. The van der Waals surface area contributed by atoms with Gasteiger partial charge in [-0.15, -0.1) is 0 Å². The lowest BCUT2D eigenvalue weighted by atomic mass is 9.89. The van der Waals surface area contributed by atoms with Crippen LogP contribution in [0, 0.1) is 5.92 Å². The molecule has 3 rings (SSSR count). The Bertz CT molecular complexity index is 544. The summed E-state index contributed by atoms with van der Waals surface area (Å²) in [4.78, 5) is 0. The van der Waals surface area contributed by atoms with E-state index in [9.17, 15) is 0 Å². The molecule has 0 saturated heterocycles. The van der Waals surface area contributed by atoms with Crippen molar-refractivity contribution in [2.24, 2.45) is 5.92 Å². The van der Waals surface area contributed by atoms with Gasteiger partial charge in [-0.25, -0.2) is 0 Å². The molecule has 1 aromatic heterocycles. The van der Waals surface area contributed by atoms with Gasteiger partial charge in [-0.3, -0.25) is 0 Å². The van der Waals surface area contributed by atoms with E-state index in [0.29, 0.717) is 0 Å². The van der Waals surface area contributed by atoms with Crippen LogP contribution in [-0.4, -0.2) is 4.57 Å². The van der Waals surface area contributed by atoms with Crippen LogP contribution in [0.1, 0.15) is 37.7 Å². The standard InChI is InChI=1S/C17H21N/c1-2-14-8-9-17-16(12-14)10-11-18(17)13-15-6-4-3-5-7-15/h2,8-12,15H,1,3-7,13H2. The van der Waals surface area contributed by atoms with Gasteiger partial charge in [0.05, 0.1) is 0 Å². The maximum Gasteiger partial charge on any atom is 0.0480 e. The molecule has 1 heteroatoms. The second-order valence-corrected chi connectivity index (χ2v) is 5.49. The summed E-state index contributed by atoms with van der Waals surface area (Å²) in [5.41, 5.74) is 2.57. The number of aromatic nitrogens is 1. The number of hydrogen-bond acceptors (Lipinski definition) is 0. The summed E-state index contributed by atoms with van der Waals surface area (Å²) in [5.74, 6) is 0.883. The van der Waals surface area contributed by atoms with Crippen LogP contribution in [0.25, 0.3) is 17.0 Å². The van der Waals surface area contributed by atoms with Crippen LogP contribution >= 0.6 is 0 Å². The average molecular weight is 239 g/mol. The van der Waals surface area contributed by atoms with Crippen molar-refractivity contribution >= 4 is 17.0 Å². The second-order valence-electron chi connectivity index (χ2n) is 5.49. The summed E-state index contributed by atoms with van der Waals surface area (Å²) in [6.07, 6.45) is 11.2. The van der Waals surface area contributed by atoms with Crippen molar-refractivity contribution in [3.05, 3.63) is 42.6 Å². The monoisotopic (exact) mass is 239 g/mol. The van der Waals surface area contributed by atoms with Crippen LogP contribution in [-0.2, 0) is 6.54 Å². The smallest absolute Gasteiger partial charge is 0.0480 e. The fraction of sp³-hybridized carbons (Fsp3) is 0.412. The largest absolute Gasteiger partial charge is 0.347 e. The number of hydrogen-bond donors (Lipinski definition) is 0. The van der Waals surface area contributed by atoms with Crippen molar-refractivity contribution in [1.82, 2.24) is 4.57 Å². The van der Waals surface area contributed by atoms with Crippen LogP contribution in [0.5, 0.6) is 0 Å². The summed E-state index contributed by atoms with van der Waals surface area (Å²) in [6, 6.07) is 8.84. The number of benzene rings is 1. The Morgan fingerprint density at radius 2 is 2.00 bits per heavy atom. The molecule has 1 nitrogen and oxygen atoms in total. The SMILES string of the molecule is C=Cc1ccc2c(ccn2CC2CCCCC2)c1. The molecule has 1 heterocycles. The fourth-order valence-corrected chi connectivity index (χ4v) is 3.15. The van der Waals surface area contributed by atoms with Crippen molar-refractivity contribution in [1.29, 1.82) is 0 Å². The molecule has 1 aliphatic rings. The Morgan fingerprint density at radius 3 is 2.78 bits per heavy atom. The van der Waals surface area contributed by atoms with Crippen molar-refractivity contribution in [3.8, 4) is 0 Å². The predicted molar refractivity (Wildman–Crippen MR) is 78.6 cm³/mol. The first-order valence-corrected chi connectivity index (χ1v) is 7.08. The van der Waals surface area contributed by atoms with Gasteiger partial charge in [-0.05, 0) is 42.5 Å². The van der Waals surface area contributed by atoms with Gasteiger partial charge in [0.2, 0.25) is 0 Å². The Hall–Kier alpha value is -1.50. The Kier molecular flexibility index (Phi) is 3.22. The summed E-state index contributed by atoms with van der Waals surface area (Å²) in [6.45, 7) is 5.02. The van der Waals surface area contributed by atoms with E-state index in [2.05, 4.69) is 41.6 Å². The van der Waals surface area contributed by atoms with Gasteiger partial charge in [0, 0.05) is 23.6 Å². The molecule has 1 fully saturated rings. The van der Waals surface area contributed by atoms with E-state index < -0.39 is 0 Å². The van der Waals surface area contributed by atoms with Crippen LogP contribution < -0.4 is 0 Å². The molecule has 18 heavy (non-hydrogen) atoms. The first-order valence-electron chi connectivity index (χ1n) is 7.08. The third kappa shape index (κ3) is 2.22. The van der Waals surface area contributed by atoms with Crippen LogP contribution in [0.4, 0.5) is 0 Å². The number of fused-ring (bicyclic) bond motifs is 1. The second kappa shape index (κ2) is 5.01. The average Bonchev–Trinajstić information content (AvgIpc) is 2.82. The highest BCUT2D eigenvalue weighted by molar-refractivity contribution is 5.82. The lowest BCUT2D eigenvalue weighted by molar-refractivity contribution is 0.322. The summed E-state index contributed by atoms with van der Waals surface area (Å²) in [5, 5.41) is 1.34. The van der Waals surface area contributed by atoms with E-state index in [1.165, 1.54) is 55.1 Å². The van der Waals surface area contributed by atoms with E-state index in [1.807, 2.05) is 6.08 Å². The highest BCUT2D eigenvalue weighted by Gasteiger charge is 2.14. The molecule has 0 amide bonds. The molecule has 94 valence electrons. The van der Waals surface area contributed by atoms with Crippen LogP contribution in [0.15, 0.2) is 37.0 Å². The molecule has 0 unspecified atom stereocenters. The summed E-state index contributed by atoms with van der Waals surface area (Å²) in [7, 11) is 0. The normalized spacial score (nSPS) is 17.1. The van der Waals surface area contributed by atoms with E-state index in [4.69, 9.17) is 0 Å². The first kappa shape index (κ1) is 11.6. The van der Waals surface area contributed by atoms with Gasteiger partial charge in [0.25, 0.3) is 0 Å².